The average Bonchev–Trinajstić information content (AvgIpc) is 2.93. The Labute approximate surface area is 117 Å². The number of carbonyl (C=O) groups is 1. The molecule has 0 aliphatic carbocycles. The Bertz CT molecular complexity index is 554. The van der Waals surface area contributed by atoms with Gasteiger partial charge in [0.25, 0.3) is 0 Å². The zero-order valence-electron chi connectivity index (χ0n) is 11.3. The summed E-state index contributed by atoms with van der Waals surface area (Å²) in [7, 11) is 1.87. The first-order valence-corrected chi connectivity index (χ1v) is 6.43. The van der Waals surface area contributed by atoms with E-state index < -0.39 is 5.97 Å². The van der Waals surface area contributed by atoms with Crippen LogP contribution in [0.5, 0.6) is 0 Å². The van der Waals surface area contributed by atoms with Crippen molar-refractivity contribution < 1.29 is 14.4 Å². The summed E-state index contributed by atoms with van der Waals surface area (Å²) in [6, 6.07) is 9.62. The number of rotatable bonds is 7. The first kappa shape index (κ1) is 14.2. The summed E-state index contributed by atoms with van der Waals surface area (Å²) in [6.07, 6.45) is 0.742. The van der Waals surface area contributed by atoms with Gasteiger partial charge in [-0.05, 0) is 7.05 Å². The first-order valence-electron chi connectivity index (χ1n) is 6.43. The summed E-state index contributed by atoms with van der Waals surface area (Å²) in [6.45, 7) is 1.19. The lowest BCUT2D eigenvalue weighted by atomic mass is 10.2. The minimum Gasteiger partial charge on any atom is -0.481 e. The molecule has 6 nitrogen and oxygen atoms in total. The van der Waals surface area contributed by atoms with E-state index in [0.717, 1.165) is 5.56 Å². The fraction of sp³-hybridized carbons (Fsp3) is 0.357. The van der Waals surface area contributed by atoms with Crippen molar-refractivity contribution in [3.05, 3.63) is 36.2 Å². The molecule has 0 saturated heterocycles. The van der Waals surface area contributed by atoms with Crippen LogP contribution in [0.15, 0.2) is 34.9 Å². The van der Waals surface area contributed by atoms with Crippen LogP contribution in [-0.2, 0) is 11.2 Å². The Kier molecular flexibility index (Phi) is 4.84. The quantitative estimate of drug-likeness (QED) is 0.828. The maximum Gasteiger partial charge on any atom is 0.304 e. The normalized spacial score (nSPS) is 10.9. The summed E-state index contributed by atoms with van der Waals surface area (Å²) in [5.41, 5.74) is 0.918. The van der Waals surface area contributed by atoms with Gasteiger partial charge in [-0.1, -0.05) is 35.5 Å². The Morgan fingerprint density at radius 2 is 2.05 bits per heavy atom. The van der Waals surface area contributed by atoms with Gasteiger partial charge in [0.1, 0.15) is 0 Å². The number of aliphatic carboxylic acids is 1. The lowest BCUT2D eigenvalue weighted by molar-refractivity contribution is -0.137. The van der Waals surface area contributed by atoms with Crippen molar-refractivity contribution in [2.75, 3.05) is 20.1 Å². The molecule has 1 N–H and O–H groups in total. The number of benzene rings is 1. The van der Waals surface area contributed by atoms with Crippen molar-refractivity contribution in [1.82, 2.24) is 15.0 Å². The van der Waals surface area contributed by atoms with Gasteiger partial charge in [-0.2, -0.15) is 4.98 Å². The zero-order chi connectivity index (χ0) is 14.4. The first-order chi connectivity index (χ1) is 9.65. The van der Waals surface area contributed by atoms with Crippen LogP contribution in [0.25, 0.3) is 11.4 Å². The third-order valence-electron chi connectivity index (χ3n) is 2.91. The molecule has 6 heteroatoms. The van der Waals surface area contributed by atoms with E-state index in [1.54, 1.807) is 0 Å². The summed E-state index contributed by atoms with van der Waals surface area (Å²) < 4.78 is 5.19. The molecule has 20 heavy (non-hydrogen) atoms. The van der Waals surface area contributed by atoms with E-state index in [1.165, 1.54) is 0 Å². The molecule has 0 amide bonds. The molecule has 0 unspecified atom stereocenters. The molecule has 2 rings (SSSR count). The Morgan fingerprint density at radius 1 is 1.30 bits per heavy atom. The van der Waals surface area contributed by atoms with Crippen molar-refractivity contribution in [2.24, 2.45) is 0 Å². The van der Waals surface area contributed by atoms with Gasteiger partial charge in [0, 0.05) is 25.1 Å². The van der Waals surface area contributed by atoms with E-state index in [1.807, 2.05) is 42.3 Å². The van der Waals surface area contributed by atoms with Crippen LogP contribution in [0, 0.1) is 0 Å². The van der Waals surface area contributed by atoms with Gasteiger partial charge in [-0.15, -0.1) is 0 Å². The highest BCUT2D eigenvalue weighted by Crippen LogP contribution is 2.14. The number of aromatic nitrogens is 2. The zero-order valence-corrected chi connectivity index (χ0v) is 11.3. The predicted octanol–water partition coefficient (Wildman–Crippen LogP) is 1.69. The summed E-state index contributed by atoms with van der Waals surface area (Å²) in [4.78, 5) is 16.7. The average molecular weight is 275 g/mol. The number of carboxylic acids is 1. The molecule has 0 bridgehead atoms. The second-order valence-corrected chi connectivity index (χ2v) is 4.57. The van der Waals surface area contributed by atoms with Crippen molar-refractivity contribution in [3.8, 4) is 11.4 Å². The highest BCUT2D eigenvalue weighted by atomic mass is 16.5. The number of nitrogens with zero attached hydrogens (tertiary/aromatic N) is 3. The van der Waals surface area contributed by atoms with Crippen LogP contribution < -0.4 is 0 Å². The van der Waals surface area contributed by atoms with Gasteiger partial charge in [-0.3, -0.25) is 4.79 Å². The fourth-order valence-corrected chi connectivity index (χ4v) is 1.75. The second-order valence-electron chi connectivity index (χ2n) is 4.57. The summed E-state index contributed by atoms with van der Waals surface area (Å²) in [5, 5.41) is 12.5. The standard InChI is InChI=1S/C14H17N3O3/c1-17(10-8-13(18)19)9-7-12-15-14(16-20-12)11-5-3-2-4-6-11/h2-6H,7-10H2,1H3,(H,18,19). The van der Waals surface area contributed by atoms with Crippen LogP contribution >= 0.6 is 0 Å². The van der Waals surface area contributed by atoms with E-state index >= 15 is 0 Å². The molecule has 0 radical (unpaired) electrons. The van der Waals surface area contributed by atoms with Crippen LogP contribution in [0.1, 0.15) is 12.3 Å². The number of hydrogen-bond donors (Lipinski definition) is 1. The van der Waals surface area contributed by atoms with Gasteiger partial charge in [0.15, 0.2) is 0 Å². The van der Waals surface area contributed by atoms with E-state index in [-0.39, 0.29) is 6.42 Å². The number of hydrogen-bond acceptors (Lipinski definition) is 5. The number of carboxylic acid groups (broad SMARTS) is 1. The van der Waals surface area contributed by atoms with Gasteiger partial charge in [-0.25, -0.2) is 0 Å². The van der Waals surface area contributed by atoms with E-state index in [0.29, 0.717) is 31.2 Å². The second kappa shape index (κ2) is 6.81. The maximum atomic E-state index is 10.5. The molecule has 1 aromatic heterocycles. The fourth-order valence-electron chi connectivity index (χ4n) is 1.75. The van der Waals surface area contributed by atoms with Crippen molar-refractivity contribution in [2.45, 2.75) is 12.8 Å². The molecule has 0 spiro atoms. The van der Waals surface area contributed by atoms with Crippen molar-refractivity contribution in [3.63, 3.8) is 0 Å². The van der Waals surface area contributed by atoms with Gasteiger partial charge < -0.3 is 14.5 Å². The molecular weight excluding hydrogens is 258 g/mol. The van der Waals surface area contributed by atoms with E-state index in [9.17, 15) is 4.79 Å². The molecule has 0 atom stereocenters. The number of likely N-dealkylation sites (N-methyl/N-ethyl adjacent to an activating group) is 1. The van der Waals surface area contributed by atoms with Crippen LogP contribution in [-0.4, -0.2) is 46.3 Å². The Hall–Kier alpha value is -2.21. The Balaban J connectivity index is 1.86. The van der Waals surface area contributed by atoms with Gasteiger partial charge >= 0.3 is 5.97 Å². The van der Waals surface area contributed by atoms with E-state index in [2.05, 4.69) is 10.1 Å². The molecule has 0 aliphatic heterocycles. The van der Waals surface area contributed by atoms with Gasteiger partial charge in [0.05, 0.1) is 6.42 Å². The topological polar surface area (TPSA) is 79.5 Å². The van der Waals surface area contributed by atoms with Crippen LogP contribution in [0.4, 0.5) is 0 Å². The molecule has 1 heterocycles. The highest BCUT2D eigenvalue weighted by Gasteiger charge is 2.09. The third kappa shape index (κ3) is 4.17. The predicted molar refractivity (Wildman–Crippen MR) is 73.2 cm³/mol. The summed E-state index contributed by atoms with van der Waals surface area (Å²) in [5.74, 6) is 0.348. The minimum absolute atomic E-state index is 0.135. The van der Waals surface area contributed by atoms with Crippen LogP contribution in [0.2, 0.25) is 0 Å². The molecular formula is C14H17N3O3. The smallest absolute Gasteiger partial charge is 0.304 e. The summed E-state index contributed by atoms with van der Waals surface area (Å²) >= 11 is 0. The molecule has 0 fully saturated rings. The van der Waals surface area contributed by atoms with Crippen LogP contribution in [0.3, 0.4) is 0 Å². The highest BCUT2D eigenvalue weighted by molar-refractivity contribution is 5.66. The largest absolute Gasteiger partial charge is 0.481 e. The molecule has 1 aromatic carbocycles. The van der Waals surface area contributed by atoms with Gasteiger partial charge in [0.2, 0.25) is 11.7 Å². The minimum atomic E-state index is -0.791. The molecule has 106 valence electrons. The lowest BCUT2D eigenvalue weighted by Gasteiger charge is -2.13. The molecule has 2 aromatic rings. The monoisotopic (exact) mass is 275 g/mol. The Morgan fingerprint density at radius 3 is 2.75 bits per heavy atom. The van der Waals surface area contributed by atoms with E-state index in [4.69, 9.17) is 9.63 Å². The molecule has 0 saturated carbocycles. The molecule has 0 aliphatic rings. The maximum absolute atomic E-state index is 10.5. The SMILES string of the molecule is CN(CCC(=O)O)CCc1nc(-c2ccccc2)no1. The van der Waals surface area contributed by atoms with Crippen molar-refractivity contribution >= 4 is 5.97 Å². The van der Waals surface area contributed by atoms with Crippen molar-refractivity contribution in [1.29, 1.82) is 0 Å². The third-order valence-corrected chi connectivity index (χ3v) is 2.91. The lowest BCUT2D eigenvalue weighted by Crippen LogP contribution is -2.24.